The van der Waals surface area contributed by atoms with Gasteiger partial charge >= 0.3 is 12.5 Å². The number of fused-ring (bicyclic) bond motifs is 1. The summed E-state index contributed by atoms with van der Waals surface area (Å²) >= 11 is 1.47. The molecule has 3 aromatic rings. The average molecular weight is 479 g/mol. The van der Waals surface area contributed by atoms with Crippen molar-refractivity contribution in [2.24, 2.45) is 0 Å². The summed E-state index contributed by atoms with van der Waals surface area (Å²) in [6.07, 6.45) is -4.77. The van der Waals surface area contributed by atoms with Gasteiger partial charge in [0.15, 0.2) is 0 Å². The zero-order valence-electron chi connectivity index (χ0n) is 17.2. The Morgan fingerprint density at radius 3 is 2.79 bits per heavy atom. The molecule has 2 aromatic heterocycles. The van der Waals surface area contributed by atoms with Crippen LogP contribution in [0.5, 0.6) is 5.75 Å². The van der Waals surface area contributed by atoms with E-state index in [9.17, 15) is 22.8 Å². The topological polar surface area (TPSA) is 92.6 Å². The van der Waals surface area contributed by atoms with Crippen molar-refractivity contribution in [1.29, 1.82) is 0 Å². The minimum absolute atomic E-state index is 0.147. The number of halogens is 3. The molecule has 7 nitrogen and oxygen atoms in total. The first-order chi connectivity index (χ1) is 15.7. The lowest BCUT2D eigenvalue weighted by molar-refractivity contribution is -0.274. The Hall–Kier alpha value is -3.47. The minimum atomic E-state index is -4.82. The molecule has 0 bridgehead atoms. The van der Waals surface area contributed by atoms with Crippen LogP contribution in [0.2, 0.25) is 0 Å². The molecule has 3 heterocycles. The second kappa shape index (κ2) is 9.18. The molecule has 0 fully saturated rings. The number of carbonyl (C=O) groups excluding carboxylic acids is 1. The van der Waals surface area contributed by atoms with Crippen molar-refractivity contribution in [2.45, 2.75) is 25.2 Å². The van der Waals surface area contributed by atoms with Crippen LogP contribution in [0.4, 0.5) is 18.0 Å². The predicted molar refractivity (Wildman–Crippen MR) is 116 cm³/mol. The second-order valence-corrected chi connectivity index (χ2v) is 8.27. The van der Waals surface area contributed by atoms with Crippen molar-refractivity contribution < 1.29 is 32.6 Å². The van der Waals surface area contributed by atoms with Gasteiger partial charge in [-0.15, -0.1) is 13.2 Å². The Bertz CT molecular complexity index is 1160. The zero-order chi connectivity index (χ0) is 23.6. The molecule has 0 aliphatic carbocycles. The van der Waals surface area contributed by atoms with Gasteiger partial charge in [0, 0.05) is 29.6 Å². The number of hydrogen-bond acceptors (Lipinski definition) is 4. The van der Waals surface area contributed by atoms with E-state index in [-0.39, 0.29) is 24.2 Å². The number of ether oxygens (including phenoxy) is 1. The quantitative estimate of drug-likeness (QED) is 0.411. The van der Waals surface area contributed by atoms with Crippen molar-refractivity contribution in [1.82, 2.24) is 15.2 Å². The van der Waals surface area contributed by atoms with Crippen LogP contribution >= 0.6 is 11.3 Å². The van der Waals surface area contributed by atoms with Gasteiger partial charge in [0.1, 0.15) is 11.4 Å². The number of benzene rings is 1. The van der Waals surface area contributed by atoms with Crippen LogP contribution in [0.15, 0.2) is 47.2 Å². The fraction of sp³-hybridized carbons (Fsp3) is 0.273. The summed E-state index contributed by atoms with van der Waals surface area (Å²) in [6.45, 7) is 0.634. The SMILES string of the molecule is O=C(O)NCCC[C@H]1CNC(=O)c2cc(-c3cccc(OC(F)(F)F)c3)c(-c3ccsc3)n21. The standard InChI is InChI=1S/C22H20F3N3O4S/c23-22(24,25)32-16-5-1-3-13(9-16)17-10-18-20(29)27-11-15(4-2-7-26-21(30)31)28(18)19(17)14-6-8-33-12-14/h1,3,5-6,8-10,12,15,26H,2,4,7,11H2,(H,27,29)(H,30,31)/t15-/m0/s1. The fourth-order valence-electron chi connectivity index (χ4n) is 4.01. The highest BCUT2D eigenvalue weighted by molar-refractivity contribution is 7.08. The first kappa shape index (κ1) is 22.7. The summed E-state index contributed by atoms with van der Waals surface area (Å²) in [5, 5.41) is 17.8. The first-order valence-corrected chi connectivity index (χ1v) is 11.1. The summed E-state index contributed by atoms with van der Waals surface area (Å²) in [6, 6.07) is 9.09. The molecule has 1 aliphatic heterocycles. The average Bonchev–Trinajstić information content (AvgIpc) is 3.39. The van der Waals surface area contributed by atoms with E-state index in [1.165, 1.54) is 29.5 Å². The Morgan fingerprint density at radius 2 is 2.09 bits per heavy atom. The maximum atomic E-state index is 12.7. The molecular weight excluding hydrogens is 459 g/mol. The monoisotopic (exact) mass is 479 g/mol. The van der Waals surface area contributed by atoms with E-state index in [1.54, 1.807) is 12.1 Å². The van der Waals surface area contributed by atoms with Crippen molar-refractivity contribution in [3.63, 3.8) is 0 Å². The van der Waals surface area contributed by atoms with E-state index in [4.69, 9.17) is 5.11 Å². The number of carboxylic acid groups (broad SMARTS) is 1. The molecule has 0 saturated carbocycles. The summed E-state index contributed by atoms with van der Waals surface area (Å²) in [4.78, 5) is 23.4. The van der Waals surface area contributed by atoms with Crippen LogP contribution in [0.25, 0.3) is 22.4 Å². The van der Waals surface area contributed by atoms with Crippen LogP contribution < -0.4 is 15.4 Å². The smallest absolute Gasteiger partial charge is 0.465 e. The Labute approximate surface area is 190 Å². The number of aromatic nitrogens is 1. The molecule has 3 N–H and O–H groups in total. The van der Waals surface area contributed by atoms with E-state index < -0.39 is 12.5 Å². The molecule has 1 aromatic carbocycles. The normalized spacial score (nSPS) is 15.6. The van der Waals surface area contributed by atoms with Gasteiger partial charge in [0.05, 0.1) is 11.7 Å². The van der Waals surface area contributed by atoms with E-state index in [1.807, 2.05) is 21.4 Å². The van der Waals surface area contributed by atoms with Crippen molar-refractivity contribution in [3.05, 3.63) is 52.9 Å². The molecule has 0 spiro atoms. The molecule has 11 heteroatoms. The van der Waals surface area contributed by atoms with Gasteiger partial charge in [-0.1, -0.05) is 12.1 Å². The van der Waals surface area contributed by atoms with Crippen LogP contribution in [-0.4, -0.2) is 41.1 Å². The minimum Gasteiger partial charge on any atom is -0.465 e. The van der Waals surface area contributed by atoms with Crippen LogP contribution in [0.1, 0.15) is 29.4 Å². The van der Waals surface area contributed by atoms with E-state index in [0.29, 0.717) is 36.2 Å². The summed E-state index contributed by atoms with van der Waals surface area (Å²) in [5.74, 6) is -0.624. The lowest BCUT2D eigenvalue weighted by Crippen LogP contribution is -2.39. The Kier molecular flexibility index (Phi) is 6.32. The fourth-order valence-corrected chi connectivity index (χ4v) is 4.65. The van der Waals surface area contributed by atoms with Crippen molar-refractivity contribution in [2.75, 3.05) is 13.1 Å². The number of alkyl halides is 3. The number of amides is 2. The molecule has 2 amide bonds. The largest absolute Gasteiger partial charge is 0.573 e. The lowest BCUT2D eigenvalue weighted by atomic mass is 10.0. The van der Waals surface area contributed by atoms with Crippen LogP contribution in [-0.2, 0) is 0 Å². The zero-order valence-corrected chi connectivity index (χ0v) is 18.0. The second-order valence-electron chi connectivity index (χ2n) is 7.49. The number of hydrogen-bond donors (Lipinski definition) is 3. The highest BCUT2D eigenvalue weighted by Crippen LogP contribution is 2.41. The Morgan fingerprint density at radius 1 is 1.27 bits per heavy atom. The number of nitrogens with zero attached hydrogens (tertiary/aromatic N) is 1. The third kappa shape index (κ3) is 5.14. The highest BCUT2D eigenvalue weighted by atomic mass is 32.1. The molecule has 174 valence electrons. The van der Waals surface area contributed by atoms with Gasteiger partial charge in [-0.3, -0.25) is 4.79 Å². The molecule has 0 saturated heterocycles. The first-order valence-electron chi connectivity index (χ1n) is 10.1. The summed E-state index contributed by atoms with van der Waals surface area (Å²) in [5.41, 5.74) is 3.06. The van der Waals surface area contributed by atoms with Gasteiger partial charge in [0.2, 0.25) is 0 Å². The molecular formula is C22H20F3N3O4S. The maximum Gasteiger partial charge on any atom is 0.573 e. The van der Waals surface area contributed by atoms with Gasteiger partial charge in [-0.05, 0) is 48.1 Å². The molecule has 1 atom stereocenters. The molecule has 1 aliphatic rings. The third-order valence-corrected chi connectivity index (χ3v) is 5.98. The maximum absolute atomic E-state index is 12.7. The van der Waals surface area contributed by atoms with Gasteiger partial charge in [0.25, 0.3) is 5.91 Å². The van der Waals surface area contributed by atoms with E-state index in [0.717, 1.165) is 11.3 Å². The van der Waals surface area contributed by atoms with Gasteiger partial charge < -0.3 is 25.0 Å². The molecule has 0 unspecified atom stereocenters. The molecule has 33 heavy (non-hydrogen) atoms. The number of nitrogens with one attached hydrogen (secondary N) is 2. The number of carbonyl (C=O) groups is 2. The van der Waals surface area contributed by atoms with Crippen LogP contribution in [0.3, 0.4) is 0 Å². The van der Waals surface area contributed by atoms with Crippen molar-refractivity contribution in [3.8, 4) is 28.1 Å². The van der Waals surface area contributed by atoms with Crippen molar-refractivity contribution >= 4 is 23.3 Å². The third-order valence-electron chi connectivity index (χ3n) is 5.30. The van der Waals surface area contributed by atoms with Gasteiger partial charge in [-0.25, -0.2) is 4.79 Å². The predicted octanol–water partition coefficient (Wildman–Crippen LogP) is 5.11. The highest BCUT2D eigenvalue weighted by Gasteiger charge is 2.33. The Balaban J connectivity index is 1.77. The number of rotatable bonds is 7. The summed E-state index contributed by atoms with van der Waals surface area (Å²) < 4.78 is 44.2. The van der Waals surface area contributed by atoms with E-state index >= 15 is 0 Å². The molecule has 0 radical (unpaired) electrons. The van der Waals surface area contributed by atoms with Gasteiger partial charge in [-0.2, -0.15) is 11.3 Å². The number of thiophene rings is 1. The van der Waals surface area contributed by atoms with Crippen LogP contribution in [0, 0.1) is 0 Å². The lowest BCUT2D eigenvalue weighted by Gasteiger charge is -2.28. The van der Waals surface area contributed by atoms with E-state index in [2.05, 4.69) is 15.4 Å². The summed E-state index contributed by atoms with van der Waals surface area (Å²) in [7, 11) is 0. The molecule has 4 rings (SSSR count).